The molecular weight excluding hydrogens is 180 g/mol. The first kappa shape index (κ1) is 10.8. The molecular formula is C10H16N2O2. The second kappa shape index (κ2) is 4.79. The Hall–Kier alpha value is -1.32. The van der Waals surface area contributed by atoms with Crippen LogP contribution in [0.5, 0.6) is 0 Å². The van der Waals surface area contributed by atoms with Gasteiger partial charge in [-0.15, -0.1) is 0 Å². The fourth-order valence-electron chi connectivity index (χ4n) is 1.48. The third kappa shape index (κ3) is 2.87. The quantitative estimate of drug-likeness (QED) is 0.774. The molecule has 0 fully saturated rings. The van der Waals surface area contributed by atoms with Crippen LogP contribution in [0, 0.1) is 0 Å². The van der Waals surface area contributed by atoms with Crippen molar-refractivity contribution in [1.29, 1.82) is 0 Å². The number of aromatic nitrogens is 2. The number of hydrogen-bond donors (Lipinski definition) is 1. The van der Waals surface area contributed by atoms with E-state index in [-0.39, 0.29) is 6.42 Å². The first-order chi connectivity index (χ1) is 6.63. The van der Waals surface area contributed by atoms with Crippen LogP contribution in [0.1, 0.15) is 31.0 Å². The first-order valence-corrected chi connectivity index (χ1v) is 4.86. The van der Waals surface area contributed by atoms with Gasteiger partial charge in [0.1, 0.15) is 0 Å². The molecule has 0 unspecified atom stereocenters. The standard InChI is InChI=1S/C10H16N2O2/c1-3-4-9-8(5-6-10(13)14)7-12(2)11-9/h7H,3-6H2,1-2H3,(H,13,14). The Morgan fingerprint density at radius 1 is 1.57 bits per heavy atom. The summed E-state index contributed by atoms with van der Waals surface area (Å²) in [4.78, 5) is 10.4. The largest absolute Gasteiger partial charge is 0.481 e. The highest BCUT2D eigenvalue weighted by molar-refractivity contribution is 5.67. The van der Waals surface area contributed by atoms with Gasteiger partial charge in [-0.05, 0) is 18.4 Å². The Bertz CT molecular complexity index is 318. The van der Waals surface area contributed by atoms with Crippen molar-refractivity contribution in [2.75, 3.05) is 0 Å². The summed E-state index contributed by atoms with van der Waals surface area (Å²) in [5.41, 5.74) is 2.10. The Kier molecular flexibility index (Phi) is 3.68. The van der Waals surface area contributed by atoms with Gasteiger partial charge in [0.05, 0.1) is 5.69 Å². The van der Waals surface area contributed by atoms with E-state index in [1.807, 2.05) is 13.2 Å². The first-order valence-electron chi connectivity index (χ1n) is 4.86. The van der Waals surface area contributed by atoms with Crippen LogP contribution >= 0.6 is 0 Å². The summed E-state index contributed by atoms with van der Waals surface area (Å²) < 4.78 is 1.75. The number of aliphatic carboxylic acids is 1. The van der Waals surface area contributed by atoms with E-state index in [1.54, 1.807) is 4.68 Å². The lowest BCUT2D eigenvalue weighted by Gasteiger charge is -1.97. The van der Waals surface area contributed by atoms with Crippen molar-refractivity contribution in [3.63, 3.8) is 0 Å². The summed E-state index contributed by atoms with van der Waals surface area (Å²) in [6.45, 7) is 2.09. The van der Waals surface area contributed by atoms with E-state index in [1.165, 1.54) is 0 Å². The summed E-state index contributed by atoms with van der Waals surface area (Å²) in [5, 5.41) is 12.9. The summed E-state index contributed by atoms with van der Waals surface area (Å²) in [6, 6.07) is 0. The van der Waals surface area contributed by atoms with Gasteiger partial charge >= 0.3 is 5.97 Å². The molecule has 14 heavy (non-hydrogen) atoms. The minimum atomic E-state index is -0.753. The number of carboxylic acid groups (broad SMARTS) is 1. The number of aryl methyl sites for hydroxylation is 3. The summed E-state index contributed by atoms with van der Waals surface area (Å²) in [7, 11) is 1.86. The topological polar surface area (TPSA) is 55.1 Å². The van der Waals surface area contributed by atoms with Crippen LogP contribution in [0.2, 0.25) is 0 Å². The molecule has 1 rings (SSSR count). The van der Waals surface area contributed by atoms with E-state index >= 15 is 0 Å². The predicted molar refractivity (Wildman–Crippen MR) is 53.2 cm³/mol. The lowest BCUT2D eigenvalue weighted by atomic mass is 10.1. The van der Waals surface area contributed by atoms with E-state index in [9.17, 15) is 4.79 Å². The second-order valence-corrected chi connectivity index (χ2v) is 3.42. The number of carboxylic acids is 1. The molecule has 0 aliphatic rings. The average molecular weight is 196 g/mol. The molecule has 1 aromatic rings. The Labute approximate surface area is 83.5 Å². The van der Waals surface area contributed by atoms with E-state index in [4.69, 9.17) is 5.11 Å². The van der Waals surface area contributed by atoms with Gasteiger partial charge in [-0.2, -0.15) is 5.10 Å². The Morgan fingerprint density at radius 2 is 2.29 bits per heavy atom. The molecule has 0 amide bonds. The highest BCUT2D eigenvalue weighted by atomic mass is 16.4. The fourth-order valence-corrected chi connectivity index (χ4v) is 1.48. The van der Waals surface area contributed by atoms with Gasteiger partial charge in [0, 0.05) is 19.7 Å². The minimum absolute atomic E-state index is 0.183. The van der Waals surface area contributed by atoms with Crippen LogP contribution in [0.25, 0.3) is 0 Å². The summed E-state index contributed by atoms with van der Waals surface area (Å²) >= 11 is 0. The van der Waals surface area contributed by atoms with Crippen molar-refractivity contribution in [3.05, 3.63) is 17.5 Å². The van der Waals surface area contributed by atoms with Gasteiger partial charge in [0.2, 0.25) is 0 Å². The maximum absolute atomic E-state index is 10.4. The molecule has 0 saturated carbocycles. The van der Waals surface area contributed by atoms with Gasteiger partial charge in [-0.1, -0.05) is 13.3 Å². The van der Waals surface area contributed by atoms with E-state index in [0.717, 1.165) is 24.1 Å². The van der Waals surface area contributed by atoms with Crippen LogP contribution in [-0.2, 0) is 24.7 Å². The molecule has 4 heteroatoms. The molecule has 0 aliphatic heterocycles. The Balaban J connectivity index is 2.68. The molecule has 1 heterocycles. The van der Waals surface area contributed by atoms with Crippen molar-refractivity contribution in [2.45, 2.75) is 32.6 Å². The average Bonchev–Trinajstić information content (AvgIpc) is 2.44. The molecule has 0 aliphatic carbocycles. The van der Waals surface area contributed by atoms with Crippen molar-refractivity contribution < 1.29 is 9.90 Å². The molecule has 0 aromatic carbocycles. The second-order valence-electron chi connectivity index (χ2n) is 3.42. The van der Waals surface area contributed by atoms with Crippen molar-refractivity contribution in [1.82, 2.24) is 9.78 Å². The van der Waals surface area contributed by atoms with E-state index in [2.05, 4.69) is 12.0 Å². The van der Waals surface area contributed by atoms with Crippen LogP contribution in [0.3, 0.4) is 0 Å². The number of hydrogen-bond acceptors (Lipinski definition) is 2. The number of carbonyl (C=O) groups is 1. The van der Waals surface area contributed by atoms with Gasteiger partial charge in [0.15, 0.2) is 0 Å². The molecule has 0 atom stereocenters. The number of nitrogens with zero attached hydrogens (tertiary/aromatic N) is 2. The normalized spacial score (nSPS) is 10.4. The maximum Gasteiger partial charge on any atom is 0.303 e. The van der Waals surface area contributed by atoms with Gasteiger partial charge in [0.25, 0.3) is 0 Å². The van der Waals surface area contributed by atoms with E-state index < -0.39 is 5.97 Å². The molecule has 1 aromatic heterocycles. The molecule has 0 spiro atoms. The zero-order valence-electron chi connectivity index (χ0n) is 8.66. The van der Waals surface area contributed by atoms with Gasteiger partial charge in [-0.25, -0.2) is 0 Å². The van der Waals surface area contributed by atoms with Crippen LogP contribution < -0.4 is 0 Å². The molecule has 0 saturated heterocycles. The lowest BCUT2D eigenvalue weighted by molar-refractivity contribution is -0.136. The molecule has 1 N–H and O–H groups in total. The molecule has 4 nitrogen and oxygen atoms in total. The predicted octanol–water partition coefficient (Wildman–Crippen LogP) is 1.39. The summed E-state index contributed by atoms with van der Waals surface area (Å²) in [5.74, 6) is -0.753. The van der Waals surface area contributed by atoms with Crippen LogP contribution in [0.4, 0.5) is 0 Å². The minimum Gasteiger partial charge on any atom is -0.481 e. The summed E-state index contributed by atoms with van der Waals surface area (Å²) in [6.07, 6.45) is 4.64. The molecule has 0 radical (unpaired) electrons. The zero-order valence-corrected chi connectivity index (χ0v) is 8.66. The smallest absolute Gasteiger partial charge is 0.303 e. The Morgan fingerprint density at radius 3 is 2.86 bits per heavy atom. The third-order valence-corrected chi connectivity index (χ3v) is 2.09. The van der Waals surface area contributed by atoms with Crippen molar-refractivity contribution in [2.24, 2.45) is 7.05 Å². The molecule has 78 valence electrons. The highest BCUT2D eigenvalue weighted by Crippen LogP contribution is 2.11. The molecule has 0 bridgehead atoms. The maximum atomic E-state index is 10.4. The van der Waals surface area contributed by atoms with Crippen LogP contribution in [0.15, 0.2) is 6.20 Å². The van der Waals surface area contributed by atoms with Crippen molar-refractivity contribution >= 4 is 5.97 Å². The van der Waals surface area contributed by atoms with Gasteiger partial charge < -0.3 is 5.11 Å². The van der Waals surface area contributed by atoms with Crippen molar-refractivity contribution in [3.8, 4) is 0 Å². The highest BCUT2D eigenvalue weighted by Gasteiger charge is 2.08. The lowest BCUT2D eigenvalue weighted by Crippen LogP contribution is -1.99. The van der Waals surface area contributed by atoms with Gasteiger partial charge in [-0.3, -0.25) is 9.48 Å². The third-order valence-electron chi connectivity index (χ3n) is 2.09. The van der Waals surface area contributed by atoms with E-state index in [0.29, 0.717) is 6.42 Å². The fraction of sp³-hybridized carbons (Fsp3) is 0.600. The number of rotatable bonds is 5. The van der Waals surface area contributed by atoms with Crippen LogP contribution in [-0.4, -0.2) is 20.9 Å². The monoisotopic (exact) mass is 196 g/mol. The zero-order chi connectivity index (χ0) is 10.6. The SMILES string of the molecule is CCCc1nn(C)cc1CCC(=O)O.